The van der Waals surface area contributed by atoms with E-state index in [-0.39, 0.29) is 5.88 Å². The maximum Gasteiger partial charge on any atom is 0.247 e. The molecule has 0 spiro atoms. The number of aromatic nitrogens is 1. The third kappa shape index (κ3) is 2.24. The Hall–Kier alpha value is -0.740. The Morgan fingerprint density at radius 2 is 1.90 bits per heavy atom. The first kappa shape index (κ1) is 7.37. The fraction of sp³-hybridized carbons (Fsp3) is 0.167. The van der Waals surface area contributed by atoms with Crippen LogP contribution in [0.2, 0.25) is 0 Å². The first-order valence-electron chi connectivity index (χ1n) is 2.80. The van der Waals surface area contributed by atoms with Crippen LogP contribution in [0.4, 0.5) is 0 Å². The topological polar surface area (TPSA) is 41.2 Å². The van der Waals surface area contributed by atoms with E-state index in [1.165, 1.54) is 0 Å². The minimum atomic E-state index is -1.75. The highest BCUT2D eigenvalue weighted by Crippen LogP contribution is 1.78. The molecule has 1 N–H and O–H groups in total. The molecule has 0 fully saturated rings. The molecule has 0 bridgehead atoms. The van der Waals surface area contributed by atoms with Gasteiger partial charge in [-0.15, -0.1) is 0 Å². The number of rotatable bonds is 2. The van der Waals surface area contributed by atoms with E-state index < -0.39 is 11.1 Å². The van der Waals surface area contributed by atoms with Crippen LogP contribution in [0.1, 0.15) is 0 Å². The molecule has 1 atom stereocenters. The summed E-state index contributed by atoms with van der Waals surface area (Å²) < 4.78 is 20.4. The van der Waals surface area contributed by atoms with Crippen LogP contribution in [0, 0.1) is 0 Å². The molecule has 1 unspecified atom stereocenters. The zero-order valence-corrected chi connectivity index (χ0v) is 6.12. The monoisotopic (exact) mass is 158 g/mol. The Bertz CT molecular complexity index is 224. The SMILES string of the molecule is O=S(O)C[n+]1ccccc1. The maximum absolute atomic E-state index is 10.3. The van der Waals surface area contributed by atoms with E-state index in [1.54, 1.807) is 17.0 Å². The molecule has 3 nitrogen and oxygen atoms in total. The van der Waals surface area contributed by atoms with Gasteiger partial charge in [0.2, 0.25) is 17.0 Å². The van der Waals surface area contributed by atoms with Gasteiger partial charge >= 0.3 is 0 Å². The summed E-state index contributed by atoms with van der Waals surface area (Å²) in [7, 11) is 0. The zero-order chi connectivity index (χ0) is 7.40. The molecule has 0 aliphatic carbocycles. The minimum Gasteiger partial charge on any atom is -0.301 e. The minimum absolute atomic E-state index is 0.140. The molecule has 1 aromatic heterocycles. The number of nitrogens with zero attached hydrogens (tertiary/aromatic N) is 1. The van der Waals surface area contributed by atoms with Gasteiger partial charge in [0, 0.05) is 12.1 Å². The molecule has 0 aliphatic rings. The molecule has 0 saturated heterocycles. The van der Waals surface area contributed by atoms with Gasteiger partial charge in [-0.1, -0.05) is 6.07 Å². The summed E-state index contributed by atoms with van der Waals surface area (Å²) in [6.07, 6.45) is 3.49. The van der Waals surface area contributed by atoms with Gasteiger partial charge in [-0.3, -0.25) is 0 Å². The van der Waals surface area contributed by atoms with Crippen LogP contribution in [0.3, 0.4) is 0 Å². The van der Waals surface area contributed by atoms with Crippen molar-refractivity contribution in [2.24, 2.45) is 0 Å². The molecule has 0 saturated carbocycles. The van der Waals surface area contributed by atoms with Gasteiger partial charge in [0.15, 0.2) is 12.4 Å². The predicted molar refractivity (Wildman–Crippen MR) is 37.4 cm³/mol. The molecule has 4 heteroatoms. The number of hydrogen-bond donors (Lipinski definition) is 1. The van der Waals surface area contributed by atoms with Crippen LogP contribution in [-0.4, -0.2) is 8.76 Å². The summed E-state index contributed by atoms with van der Waals surface area (Å²) in [5, 5.41) is 0. The fourth-order valence-corrected chi connectivity index (χ4v) is 1.08. The smallest absolute Gasteiger partial charge is 0.247 e. The van der Waals surface area contributed by atoms with E-state index in [2.05, 4.69) is 0 Å². The van der Waals surface area contributed by atoms with Gasteiger partial charge in [0.05, 0.1) is 0 Å². The molecule has 0 amide bonds. The van der Waals surface area contributed by atoms with Crippen molar-refractivity contribution in [1.82, 2.24) is 0 Å². The first-order chi connectivity index (χ1) is 4.79. The number of pyridine rings is 1. The second-order valence-electron chi connectivity index (χ2n) is 1.84. The number of hydrogen-bond acceptors (Lipinski definition) is 1. The Kier molecular flexibility index (Phi) is 2.53. The van der Waals surface area contributed by atoms with Crippen LogP contribution < -0.4 is 4.57 Å². The van der Waals surface area contributed by atoms with Crippen LogP contribution in [0.5, 0.6) is 0 Å². The standard InChI is InChI=1S/C6H7NO2S/c8-10(9)6-7-4-2-1-3-5-7/h1-5H,6H2/p+1. The van der Waals surface area contributed by atoms with E-state index in [4.69, 9.17) is 4.55 Å². The van der Waals surface area contributed by atoms with Crippen molar-refractivity contribution in [3.05, 3.63) is 30.6 Å². The van der Waals surface area contributed by atoms with E-state index in [9.17, 15) is 4.21 Å². The predicted octanol–water partition coefficient (Wildman–Crippen LogP) is 0.153. The van der Waals surface area contributed by atoms with Crippen molar-refractivity contribution in [3.63, 3.8) is 0 Å². The Morgan fingerprint density at radius 3 is 2.40 bits per heavy atom. The molecule has 0 radical (unpaired) electrons. The summed E-state index contributed by atoms with van der Waals surface area (Å²) >= 11 is -1.75. The molecule has 1 heterocycles. The first-order valence-corrected chi connectivity index (χ1v) is 4.08. The second-order valence-corrected chi connectivity index (χ2v) is 2.74. The van der Waals surface area contributed by atoms with Crippen LogP contribution in [0.15, 0.2) is 30.6 Å². The van der Waals surface area contributed by atoms with Gasteiger partial charge in [-0.05, 0) is 0 Å². The molecular weight excluding hydrogens is 150 g/mol. The van der Waals surface area contributed by atoms with Crippen LogP contribution in [0.25, 0.3) is 0 Å². The van der Waals surface area contributed by atoms with Crippen LogP contribution in [-0.2, 0) is 17.0 Å². The third-order valence-electron chi connectivity index (χ3n) is 1.04. The molecule has 0 aromatic carbocycles. The second kappa shape index (κ2) is 3.43. The quantitative estimate of drug-likeness (QED) is 0.492. The average molecular weight is 158 g/mol. The highest BCUT2D eigenvalue weighted by molar-refractivity contribution is 7.77. The summed E-state index contributed by atoms with van der Waals surface area (Å²) in [4.78, 5) is 0. The average Bonchev–Trinajstić information content (AvgIpc) is 1.88. The largest absolute Gasteiger partial charge is 0.301 e. The van der Waals surface area contributed by atoms with E-state index >= 15 is 0 Å². The highest BCUT2D eigenvalue weighted by atomic mass is 32.2. The lowest BCUT2D eigenvalue weighted by molar-refractivity contribution is -0.677. The summed E-state index contributed by atoms with van der Waals surface area (Å²) in [5.74, 6) is 0.140. The summed E-state index contributed by atoms with van der Waals surface area (Å²) in [5.41, 5.74) is 0. The van der Waals surface area contributed by atoms with E-state index in [1.807, 2.05) is 18.2 Å². The molecule has 1 aromatic rings. The fourth-order valence-electron chi connectivity index (χ4n) is 0.648. The lowest BCUT2D eigenvalue weighted by atomic mass is 10.5. The molecular formula is C6H8NO2S+. The summed E-state index contributed by atoms with van der Waals surface area (Å²) in [6, 6.07) is 5.48. The van der Waals surface area contributed by atoms with E-state index in [0.717, 1.165) is 0 Å². The van der Waals surface area contributed by atoms with Gasteiger partial charge < -0.3 is 4.55 Å². The molecule has 0 aliphatic heterocycles. The van der Waals surface area contributed by atoms with Crippen molar-refractivity contribution in [3.8, 4) is 0 Å². The Morgan fingerprint density at radius 1 is 1.30 bits per heavy atom. The Balaban J connectivity index is 2.67. The van der Waals surface area contributed by atoms with Gasteiger partial charge in [0.1, 0.15) is 0 Å². The van der Waals surface area contributed by atoms with Crippen molar-refractivity contribution in [2.45, 2.75) is 5.88 Å². The van der Waals surface area contributed by atoms with Crippen LogP contribution >= 0.6 is 0 Å². The highest BCUT2D eigenvalue weighted by Gasteiger charge is 2.00. The lowest BCUT2D eigenvalue weighted by Crippen LogP contribution is -2.34. The van der Waals surface area contributed by atoms with Crippen molar-refractivity contribution in [2.75, 3.05) is 0 Å². The van der Waals surface area contributed by atoms with Gasteiger partial charge in [0.25, 0.3) is 0 Å². The molecule has 54 valence electrons. The van der Waals surface area contributed by atoms with Crippen molar-refractivity contribution >= 4 is 11.1 Å². The lowest BCUT2D eigenvalue weighted by Gasteiger charge is -1.88. The van der Waals surface area contributed by atoms with E-state index in [0.29, 0.717) is 0 Å². The molecule has 10 heavy (non-hydrogen) atoms. The van der Waals surface area contributed by atoms with Gasteiger partial charge in [-0.2, -0.15) is 4.57 Å². The Labute approximate surface area is 61.6 Å². The maximum atomic E-state index is 10.3. The van der Waals surface area contributed by atoms with Crippen molar-refractivity contribution < 1.29 is 13.3 Å². The zero-order valence-electron chi connectivity index (χ0n) is 5.30. The normalized spacial score (nSPS) is 12.9. The van der Waals surface area contributed by atoms with Gasteiger partial charge in [-0.25, -0.2) is 4.21 Å². The third-order valence-corrected chi connectivity index (χ3v) is 1.56. The summed E-state index contributed by atoms with van der Waals surface area (Å²) in [6.45, 7) is 0. The van der Waals surface area contributed by atoms with Crippen molar-refractivity contribution in [1.29, 1.82) is 0 Å². The molecule has 1 rings (SSSR count).